The largest absolute Gasteiger partial charge is 0.462 e. The SMILES string of the molecule is CCC(C)CCCCCCCCCCCCCCCCC(=O)O[C@H](COC(=O)CCCCCCCCCCCCCC(C)C)COC(=O)CCCCCCCCCCC(C)CC. The highest BCUT2D eigenvalue weighted by atomic mass is 16.6. The van der Waals surface area contributed by atoms with Gasteiger partial charge in [0.05, 0.1) is 0 Å². The van der Waals surface area contributed by atoms with Crippen molar-refractivity contribution in [3.63, 3.8) is 0 Å². The second kappa shape index (κ2) is 47.4. The van der Waals surface area contributed by atoms with Crippen molar-refractivity contribution in [2.75, 3.05) is 13.2 Å². The summed E-state index contributed by atoms with van der Waals surface area (Å²) in [5.74, 6) is 1.72. The topological polar surface area (TPSA) is 78.9 Å². The predicted octanol–water partition coefficient (Wildman–Crippen LogP) is 17.9. The molecule has 0 saturated carbocycles. The molecule has 0 aliphatic heterocycles. The third kappa shape index (κ3) is 46.4. The number of hydrogen-bond acceptors (Lipinski definition) is 6. The van der Waals surface area contributed by atoms with E-state index < -0.39 is 6.10 Å². The molecule has 0 saturated heterocycles. The molecule has 0 fully saturated rings. The van der Waals surface area contributed by atoms with Gasteiger partial charge >= 0.3 is 17.9 Å². The highest BCUT2D eigenvalue weighted by Gasteiger charge is 2.19. The maximum absolute atomic E-state index is 12.8. The molecule has 0 aromatic rings. The van der Waals surface area contributed by atoms with E-state index >= 15 is 0 Å². The Labute approximate surface area is 387 Å². The minimum atomic E-state index is -0.763. The van der Waals surface area contributed by atoms with Crippen LogP contribution in [0.25, 0.3) is 0 Å². The van der Waals surface area contributed by atoms with Crippen LogP contribution in [0.3, 0.4) is 0 Å². The first kappa shape index (κ1) is 60.4. The first-order valence-electron chi connectivity index (χ1n) is 27.7. The Hall–Kier alpha value is -1.59. The van der Waals surface area contributed by atoms with Crippen molar-refractivity contribution in [1.29, 1.82) is 0 Å². The van der Waals surface area contributed by atoms with Gasteiger partial charge in [-0.1, -0.05) is 266 Å². The summed E-state index contributed by atoms with van der Waals surface area (Å²) in [6.45, 7) is 13.8. The number of unbranched alkanes of at least 4 members (excludes halogenated alkanes) is 30. The van der Waals surface area contributed by atoms with Crippen molar-refractivity contribution in [2.24, 2.45) is 17.8 Å². The summed E-state index contributed by atoms with van der Waals surface area (Å²) in [4.78, 5) is 38.0. The molecule has 6 nitrogen and oxygen atoms in total. The Morgan fingerprint density at radius 3 is 0.839 bits per heavy atom. The Morgan fingerprint density at radius 1 is 0.323 bits per heavy atom. The molecule has 0 radical (unpaired) electrons. The maximum Gasteiger partial charge on any atom is 0.306 e. The molecule has 6 heteroatoms. The number of carbonyl (C=O) groups is 3. The molecule has 368 valence electrons. The van der Waals surface area contributed by atoms with E-state index in [1.54, 1.807) is 0 Å². The molecular weight excluding hydrogens is 769 g/mol. The van der Waals surface area contributed by atoms with E-state index in [0.717, 1.165) is 75.5 Å². The number of ether oxygens (including phenoxy) is 3. The molecule has 0 bridgehead atoms. The van der Waals surface area contributed by atoms with E-state index in [1.165, 1.54) is 186 Å². The van der Waals surface area contributed by atoms with Crippen molar-refractivity contribution in [1.82, 2.24) is 0 Å². The van der Waals surface area contributed by atoms with Crippen LogP contribution in [-0.2, 0) is 28.6 Å². The zero-order chi connectivity index (χ0) is 45.6. The zero-order valence-corrected chi connectivity index (χ0v) is 42.7. The Bertz CT molecular complexity index is 964. The van der Waals surface area contributed by atoms with Crippen LogP contribution in [-0.4, -0.2) is 37.2 Å². The van der Waals surface area contributed by atoms with E-state index in [4.69, 9.17) is 14.2 Å². The molecule has 0 aromatic carbocycles. The van der Waals surface area contributed by atoms with E-state index in [2.05, 4.69) is 41.5 Å². The van der Waals surface area contributed by atoms with Crippen LogP contribution in [0.2, 0.25) is 0 Å². The van der Waals surface area contributed by atoms with Crippen molar-refractivity contribution >= 4 is 17.9 Å². The van der Waals surface area contributed by atoms with Crippen LogP contribution in [0.5, 0.6) is 0 Å². The first-order chi connectivity index (χ1) is 30.2. The molecule has 0 amide bonds. The average Bonchev–Trinajstić information content (AvgIpc) is 3.26. The van der Waals surface area contributed by atoms with Crippen LogP contribution >= 0.6 is 0 Å². The summed E-state index contributed by atoms with van der Waals surface area (Å²) < 4.78 is 16.9. The summed E-state index contributed by atoms with van der Waals surface area (Å²) in [7, 11) is 0. The van der Waals surface area contributed by atoms with Gasteiger partial charge in [0.15, 0.2) is 6.10 Å². The van der Waals surface area contributed by atoms with Gasteiger partial charge in [0.1, 0.15) is 13.2 Å². The van der Waals surface area contributed by atoms with Gasteiger partial charge in [0.2, 0.25) is 0 Å². The zero-order valence-electron chi connectivity index (χ0n) is 42.7. The quantitative estimate of drug-likeness (QED) is 0.0344. The molecule has 2 unspecified atom stereocenters. The standard InChI is InChI=1S/C56H108O6/c1-7-51(5)43-37-31-25-19-15-11-9-10-12-16-21-29-35-41-47-56(59)62-53(49-61-55(58)46-40-34-28-23-22-26-32-38-44-52(6)8-2)48-60-54(57)45-39-33-27-20-17-13-14-18-24-30-36-42-50(3)4/h50-53H,7-49H2,1-6H3/t51?,52?,53-/m1/s1. The maximum atomic E-state index is 12.8. The smallest absolute Gasteiger partial charge is 0.306 e. The molecule has 0 heterocycles. The lowest BCUT2D eigenvalue weighted by atomic mass is 9.99. The number of carbonyl (C=O) groups excluding carboxylic acids is 3. The summed E-state index contributed by atoms with van der Waals surface area (Å²) in [5, 5.41) is 0. The average molecular weight is 877 g/mol. The Kier molecular flexibility index (Phi) is 46.2. The summed E-state index contributed by atoms with van der Waals surface area (Å²) in [6.07, 6.45) is 47.9. The van der Waals surface area contributed by atoms with Crippen LogP contribution in [0, 0.1) is 17.8 Å². The van der Waals surface area contributed by atoms with E-state index in [0.29, 0.717) is 19.3 Å². The minimum absolute atomic E-state index is 0.0644. The number of hydrogen-bond donors (Lipinski definition) is 0. The molecule has 3 atom stereocenters. The summed E-state index contributed by atoms with van der Waals surface area (Å²) >= 11 is 0. The van der Waals surface area contributed by atoms with E-state index in [9.17, 15) is 14.4 Å². The fraction of sp³-hybridized carbons (Fsp3) is 0.946. The lowest BCUT2D eigenvalue weighted by Crippen LogP contribution is -2.30. The lowest BCUT2D eigenvalue weighted by molar-refractivity contribution is -0.167. The molecule has 0 aliphatic rings. The predicted molar refractivity (Wildman–Crippen MR) is 266 cm³/mol. The molecular formula is C56H108O6. The van der Waals surface area contributed by atoms with Crippen LogP contribution in [0.15, 0.2) is 0 Å². The van der Waals surface area contributed by atoms with Crippen LogP contribution < -0.4 is 0 Å². The van der Waals surface area contributed by atoms with E-state index in [-0.39, 0.29) is 31.1 Å². The van der Waals surface area contributed by atoms with Gasteiger partial charge in [-0.05, 0) is 37.0 Å². The Balaban J connectivity index is 4.31. The van der Waals surface area contributed by atoms with Gasteiger partial charge in [0, 0.05) is 19.3 Å². The van der Waals surface area contributed by atoms with Crippen molar-refractivity contribution in [3.8, 4) is 0 Å². The second-order valence-electron chi connectivity index (χ2n) is 20.2. The first-order valence-corrected chi connectivity index (χ1v) is 27.7. The summed E-state index contributed by atoms with van der Waals surface area (Å²) in [5.41, 5.74) is 0. The molecule has 0 rings (SSSR count). The fourth-order valence-electron chi connectivity index (χ4n) is 8.40. The second-order valence-corrected chi connectivity index (χ2v) is 20.2. The number of esters is 3. The van der Waals surface area contributed by atoms with Crippen molar-refractivity contribution in [3.05, 3.63) is 0 Å². The van der Waals surface area contributed by atoms with Gasteiger partial charge < -0.3 is 14.2 Å². The normalized spacial score (nSPS) is 13.0. The minimum Gasteiger partial charge on any atom is -0.462 e. The lowest BCUT2D eigenvalue weighted by Gasteiger charge is -2.18. The molecule has 0 N–H and O–H groups in total. The monoisotopic (exact) mass is 877 g/mol. The Morgan fingerprint density at radius 2 is 0.565 bits per heavy atom. The van der Waals surface area contributed by atoms with Crippen LogP contribution in [0.4, 0.5) is 0 Å². The molecule has 62 heavy (non-hydrogen) atoms. The van der Waals surface area contributed by atoms with Crippen molar-refractivity contribution < 1.29 is 28.6 Å². The third-order valence-electron chi connectivity index (χ3n) is 13.4. The van der Waals surface area contributed by atoms with Gasteiger partial charge in [-0.15, -0.1) is 0 Å². The van der Waals surface area contributed by atoms with Crippen LogP contribution in [0.1, 0.15) is 305 Å². The molecule has 0 aromatic heterocycles. The highest BCUT2D eigenvalue weighted by molar-refractivity contribution is 5.71. The third-order valence-corrected chi connectivity index (χ3v) is 13.4. The molecule has 0 aliphatic carbocycles. The number of rotatable bonds is 49. The highest BCUT2D eigenvalue weighted by Crippen LogP contribution is 2.19. The van der Waals surface area contributed by atoms with Crippen molar-refractivity contribution in [2.45, 2.75) is 311 Å². The van der Waals surface area contributed by atoms with Gasteiger partial charge in [-0.2, -0.15) is 0 Å². The van der Waals surface area contributed by atoms with Gasteiger partial charge in [-0.25, -0.2) is 0 Å². The fourth-order valence-corrected chi connectivity index (χ4v) is 8.40. The van der Waals surface area contributed by atoms with E-state index in [1.807, 2.05) is 0 Å². The summed E-state index contributed by atoms with van der Waals surface area (Å²) in [6, 6.07) is 0. The van der Waals surface area contributed by atoms with Gasteiger partial charge in [0.25, 0.3) is 0 Å². The van der Waals surface area contributed by atoms with Gasteiger partial charge in [-0.3, -0.25) is 14.4 Å². The molecule has 0 spiro atoms.